The van der Waals surface area contributed by atoms with Crippen LogP contribution in [-0.2, 0) is 6.54 Å². The molecule has 0 radical (unpaired) electrons. The Balaban J connectivity index is 2.26. The summed E-state index contributed by atoms with van der Waals surface area (Å²) in [7, 11) is 0. The Kier molecular flexibility index (Phi) is 5.36. The van der Waals surface area contributed by atoms with Crippen LogP contribution < -0.4 is 4.90 Å². The van der Waals surface area contributed by atoms with Gasteiger partial charge in [-0.3, -0.25) is 0 Å². The van der Waals surface area contributed by atoms with Crippen molar-refractivity contribution in [1.29, 1.82) is 10.5 Å². The maximum absolute atomic E-state index is 9.06. The smallest absolute Gasteiger partial charge is 0.161 e. The third-order valence-corrected chi connectivity index (χ3v) is 3.52. The number of nitriles is 2. The first-order chi connectivity index (χ1) is 10.7. The first-order valence-corrected chi connectivity index (χ1v) is 7.36. The summed E-state index contributed by atoms with van der Waals surface area (Å²) in [5.74, 6) is 0.729. The number of pyridine rings is 1. The van der Waals surface area contributed by atoms with Gasteiger partial charge in [-0.15, -0.1) is 0 Å². The SMILES string of the molecule is CCCN(Cc1ccc(C#N)cc1)c1ccc(Cl)c(C#N)n1. The van der Waals surface area contributed by atoms with Gasteiger partial charge in [0, 0.05) is 13.1 Å². The Labute approximate surface area is 135 Å². The third-order valence-electron chi connectivity index (χ3n) is 3.21. The molecule has 0 aliphatic carbocycles. The minimum Gasteiger partial charge on any atom is -0.352 e. The number of hydrogen-bond acceptors (Lipinski definition) is 4. The molecule has 0 atom stereocenters. The molecule has 0 spiro atoms. The zero-order valence-electron chi connectivity index (χ0n) is 12.3. The zero-order valence-corrected chi connectivity index (χ0v) is 13.0. The van der Waals surface area contributed by atoms with Crippen LogP contribution in [-0.4, -0.2) is 11.5 Å². The van der Waals surface area contributed by atoms with E-state index in [0.29, 0.717) is 17.1 Å². The highest BCUT2D eigenvalue weighted by Crippen LogP contribution is 2.21. The van der Waals surface area contributed by atoms with Crippen molar-refractivity contribution in [2.45, 2.75) is 19.9 Å². The molecular weight excluding hydrogens is 296 g/mol. The molecule has 22 heavy (non-hydrogen) atoms. The van der Waals surface area contributed by atoms with Crippen LogP contribution in [0.3, 0.4) is 0 Å². The van der Waals surface area contributed by atoms with E-state index in [9.17, 15) is 0 Å². The molecule has 1 aromatic heterocycles. The number of hydrogen-bond donors (Lipinski definition) is 0. The predicted molar refractivity (Wildman–Crippen MR) is 86.5 cm³/mol. The molecule has 5 heteroatoms. The number of halogens is 1. The van der Waals surface area contributed by atoms with Crippen molar-refractivity contribution in [2.75, 3.05) is 11.4 Å². The number of benzene rings is 1. The lowest BCUT2D eigenvalue weighted by Gasteiger charge is -2.23. The summed E-state index contributed by atoms with van der Waals surface area (Å²) in [5, 5.41) is 18.3. The Morgan fingerprint density at radius 2 is 1.82 bits per heavy atom. The van der Waals surface area contributed by atoms with Gasteiger partial charge in [-0.25, -0.2) is 4.98 Å². The molecule has 0 bridgehead atoms. The fourth-order valence-electron chi connectivity index (χ4n) is 2.14. The Hall–Kier alpha value is -2.56. The van der Waals surface area contributed by atoms with Gasteiger partial charge < -0.3 is 4.90 Å². The average Bonchev–Trinajstić information content (AvgIpc) is 2.55. The van der Waals surface area contributed by atoms with Crippen molar-refractivity contribution >= 4 is 17.4 Å². The molecule has 0 saturated carbocycles. The molecule has 0 aliphatic heterocycles. The van der Waals surface area contributed by atoms with E-state index in [4.69, 9.17) is 22.1 Å². The average molecular weight is 311 g/mol. The molecule has 0 N–H and O–H groups in total. The number of rotatable bonds is 5. The molecule has 0 aliphatic rings. The van der Waals surface area contributed by atoms with Gasteiger partial charge in [0.05, 0.1) is 16.7 Å². The number of nitrogens with zero attached hydrogens (tertiary/aromatic N) is 4. The topological polar surface area (TPSA) is 63.7 Å². The van der Waals surface area contributed by atoms with Gasteiger partial charge in [0.1, 0.15) is 11.9 Å². The van der Waals surface area contributed by atoms with Crippen LogP contribution in [0.25, 0.3) is 0 Å². The first kappa shape index (κ1) is 15.8. The van der Waals surface area contributed by atoms with Gasteiger partial charge in [0.25, 0.3) is 0 Å². The quantitative estimate of drug-likeness (QED) is 0.840. The fourth-order valence-corrected chi connectivity index (χ4v) is 2.28. The number of aromatic nitrogens is 1. The maximum atomic E-state index is 9.06. The van der Waals surface area contributed by atoms with Crippen molar-refractivity contribution < 1.29 is 0 Å². The molecule has 0 fully saturated rings. The van der Waals surface area contributed by atoms with E-state index in [-0.39, 0.29) is 5.69 Å². The minimum atomic E-state index is 0.236. The maximum Gasteiger partial charge on any atom is 0.161 e. The summed E-state index contributed by atoms with van der Waals surface area (Å²) in [5.41, 5.74) is 1.96. The monoisotopic (exact) mass is 310 g/mol. The Morgan fingerprint density at radius 1 is 1.09 bits per heavy atom. The van der Waals surface area contributed by atoms with Crippen molar-refractivity contribution in [3.8, 4) is 12.1 Å². The molecule has 2 aromatic rings. The van der Waals surface area contributed by atoms with Crippen LogP contribution in [0, 0.1) is 22.7 Å². The first-order valence-electron chi connectivity index (χ1n) is 6.98. The minimum absolute atomic E-state index is 0.236. The summed E-state index contributed by atoms with van der Waals surface area (Å²) in [6, 6.07) is 15.1. The van der Waals surface area contributed by atoms with Crippen molar-refractivity contribution in [3.05, 3.63) is 58.2 Å². The van der Waals surface area contributed by atoms with Crippen LogP contribution in [0.1, 0.15) is 30.2 Å². The summed E-state index contributed by atoms with van der Waals surface area (Å²) in [6.07, 6.45) is 0.961. The van der Waals surface area contributed by atoms with Crippen LogP contribution >= 0.6 is 11.6 Å². The molecule has 0 unspecified atom stereocenters. The van der Waals surface area contributed by atoms with Crippen LogP contribution in [0.4, 0.5) is 5.82 Å². The Bertz CT molecular complexity index is 726. The van der Waals surface area contributed by atoms with E-state index in [0.717, 1.165) is 24.3 Å². The molecule has 110 valence electrons. The van der Waals surface area contributed by atoms with Gasteiger partial charge in [-0.1, -0.05) is 30.7 Å². The van der Waals surface area contributed by atoms with Crippen molar-refractivity contribution in [3.63, 3.8) is 0 Å². The molecule has 0 amide bonds. The van der Waals surface area contributed by atoms with E-state index in [1.54, 1.807) is 18.2 Å². The summed E-state index contributed by atoms with van der Waals surface area (Å²) in [4.78, 5) is 6.42. The summed E-state index contributed by atoms with van der Waals surface area (Å²) in [6.45, 7) is 3.57. The fraction of sp³-hybridized carbons (Fsp3) is 0.235. The second-order valence-corrected chi connectivity index (χ2v) is 5.25. The van der Waals surface area contributed by atoms with Gasteiger partial charge in [0.15, 0.2) is 5.69 Å². The highest BCUT2D eigenvalue weighted by molar-refractivity contribution is 6.31. The van der Waals surface area contributed by atoms with Gasteiger partial charge >= 0.3 is 0 Å². The van der Waals surface area contributed by atoms with Crippen molar-refractivity contribution in [1.82, 2.24) is 4.98 Å². The van der Waals surface area contributed by atoms with Gasteiger partial charge in [-0.2, -0.15) is 10.5 Å². The number of anilines is 1. The standard InChI is InChI=1S/C17H15ClN4/c1-2-9-22(12-14-5-3-13(10-19)4-6-14)17-8-7-15(18)16(11-20)21-17/h3-8H,2,9,12H2,1H3. The van der Waals surface area contributed by atoms with Gasteiger partial charge in [-0.05, 0) is 36.2 Å². The predicted octanol–water partition coefficient (Wildman–Crippen LogP) is 3.89. The van der Waals surface area contributed by atoms with E-state index in [1.807, 2.05) is 24.3 Å². The second kappa shape index (κ2) is 7.45. The van der Waals surface area contributed by atoms with Gasteiger partial charge in [0.2, 0.25) is 0 Å². The molecule has 2 rings (SSSR count). The van der Waals surface area contributed by atoms with E-state index >= 15 is 0 Å². The molecule has 1 heterocycles. The van der Waals surface area contributed by atoms with E-state index < -0.39 is 0 Å². The molecule has 0 saturated heterocycles. The van der Waals surface area contributed by atoms with Crippen LogP contribution in [0.15, 0.2) is 36.4 Å². The highest BCUT2D eigenvalue weighted by Gasteiger charge is 2.11. The lowest BCUT2D eigenvalue weighted by molar-refractivity contribution is 0.754. The summed E-state index contributed by atoms with van der Waals surface area (Å²) >= 11 is 5.94. The zero-order chi connectivity index (χ0) is 15.9. The lowest BCUT2D eigenvalue weighted by atomic mass is 10.1. The van der Waals surface area contributed by atoms with Crippen LogP contribution in [0.2, 0.25) is 5.02 Å². The van der Waals surface area contributed by atoms with Crippen LogP contribution in [0.5, 0.6) is 0 Å². The van der Waals surface area contributed by atoms with Crippen molar-refractivity contribution in [2.24, 2.45) is 0 Å². The Morgan fingerprint density at radius 3 is 2.41 bits per heavy atom. The molecule has 1 aromatic carbocycles. The highest BCUT2D eigenvalue weighted by atomic mass is 35.5. The second-order valence-electron chi connectivity index (χ2n) is 4.84. The summed E-state index contributed by atoms with van der Waals surface area (Å²) < 4.78 is 0. The molecular formula is C17H15ClN4. The van der Waals surface area contributed by atoms with E-state index in [2.05, 4.69) is 22.9 Å². The normalized spacial score (nSPS) is 9.82. The third kappa shape index (κ3) is 3.75. The molecule has 4 nitrogen and oxygen atoms in total. The van der Waals surface area contributed by atoms with E-state index in [1.165, 1.54) is 0 Å². The largest absolute Gasteiger partial charge is 0.352 e. The lowest BCUT2D eigenvalue weighted by Crippen LogP contribution is -2.24.